The van der Waals surface area contributed by atoms with Crippen LogP contribution in [0.25, 0.3) is 5.57 Å². The zero-order valence-corrected chi connectivity index (χ0v) is 15.2. The summed E-state index contributed by atoms with van der Waals surface area (Å²) in [6, 6.07) is 7.64. The quantitative estimate of drug-likeness (QED) is 0.220. The van der Waals surface area contributed by atoms with E-state index in [9.17, 15) is 9.59 Å². The molecule has 0 bridgehead atoms. The Hall–Kier alpha value is -2.10. The van der Waals surface area contributed by atoms with Crippen LogP contribution in [0, 0.1) is 6.92 Å². The second-order valence-corrected chi connectivity index (χ2v) is 5.79. The van der Waals surface area contributed by atoms with E-state index < -0.39 is 11.9 Å². The van der Waals surface area contributed by atoms with E-state index in [0.29, 0.717) is 18.8 Å². The SMILES string of the molecule is CCCCOC(=O)C(C(=O)OCCCC)=C(C)c1ccccc1C. The van der Waals surface area contributed by atoms with Crippen molar-refractivity contribution in [2.75, 3.05) is 13.2 Å². The first kappa shape index (κ1) is 19.9. The number of aryl methyl sites for hydroxylation is 1. The minimum atomic E-state index is -0.606. The third-order valence-corrected chi connectivity index (χ3v) is 3.79. The van der Waals surface area contributed by atoms with Gasteiger partial charge in [-0.1, -0.05) is 51.0 Å². The summed E-state index contributed by atoms with van der Waals surface area (Å²) in [4.78, 5) is 24.9. The predicted octanol–water partition coefficient (Wildman–Crippen LogP) is 4.46. The van der Waals surface area contributed by atoms with E-state index in [0.717, 1.165) is 36.8 Å². The van der Waals surface area contributed by atoms with Crippen LogP contribution in [0.1, 0.15) is 57.6 Å². The number of unbranched alkanes of at least 4 members (excludes halogenated alkanes) is 2. The maximum Gasteiger partial charge on any atom is 0.345 e. The molecule has 0 fully saturated rings. The average Bonchev–Trinajstić information content (AvgIpc) is 2.56. The van der Waals surface area contributed by atoms with E-state index >= 15 is 0 Å². The number of hydrogen-bond acceptors (Lipinski definition) is 4. The smallest absolute Gasteiger partial charge is 0.345 e. The van der Waals surface area contributed by atoms with Gasteiger partial charge in [0.15, 0.2) is 0 Å². The van der Waals surface area contributed by atoms with Gasteiger partial charge in [-0.05, 0) is 43.4 Å². The maximum atomic E-state index is 12.4. The van der Waals surface area contributed by atoms with Crippen molar-refractivity contribution in [3.05, 3.63) is 41.0 Å². The average molecular weight is 332 g/mol. The van der Waals surface area contributed by atoms with Crippen LogP contribution < -0.4 is 0 Å². The van der Waals surface area contributed by atoms with Crippen LogP contribution in [0.5, 0.6) is 0 Å². The summed E-state index contributed by atoms with van der Waals surface area (Å²) in [5.74, 6) is -1.21. The Labute approximate surface area is 144 Å². The van der Waals surface area contributed by atoms with Crippen LogP contribution in [0.4, 0.5) is 0 Å². The third-order valence-electron chi connectivity index (χ3n) is 3.79. The first-order valence-electron chi connectivity index (χ1n) is 8.64. The highest BCUT2D eigenvalue weighted by Crippen LogP contribution is 2.23. The Morgan fingerprint density at radius 1 is 0.917 bits per heavy atom. The normalized spacial score (nSPS) is 10.2. The van der Waals surface area contributed by atoms with Crippen molar-refractivity contribution in [1.29, 1.82) is 0 Å². The van der Waals surface area contributed by atoms with Gasteiger partial charge in [-0.3, -0.25) is 0 Å². The molecule has 0 radical (unpaired) electrons. The highest BCUT2D eigenvalue weighted by atomic mass is 16.6. The van der Waals surface area contributed by atoms with E-state index in [1.54, 1.807) is 6.92 Å². The van der Waals surface area contributed by atoms with Crippen LogP contribution >= 0.6 is 0 Å². The molecule has 1 aromatic carbocycles. The summed E-state index contributed by atoms with van der Waals surface area (Å²) in [6.07, 6.45) is 3.38. The van der Waals surface area contributed by atoms with Crippen LogP contribution in [0.2, 0.25) is 0 Å². The molecule has 0 unspecified atom stereocenters. The predicted molar refractivity (Wildman–Crippen MR) is 95.5 cm³/mol. The summed E-state index contributed by atoms with van der Waals surface area (Å²) in [7, 11) is 0. The summed E-state index contributed by atoms with van der Waals surface area (Å²) < 4.78 is 10.5. The lowest BCUT2D eigenvalue weighted by atomic mass is 9.97. The largest absolute Gasteiger partial charge is 0.462 e. The number of allylic oxidation sites excluding steroid dienone is 1. The van der Waals surface area contributed by atoms with Gasteiger partial charge in [-0.2, -0.15) is 0 Å². The number of hydrogen-bond donors (Lipinski definition) is 0. The van der Waals surface area contributed by atoms with Gasteiger partial charge >= 0.3 is 11.9 Å². The molecule has 0 amide bonds. The molecule has 4 heteroatoms. The van der Waals surface area contributed by atoms with Crippen molar-refractivity contribution < 1.29 is 19.1 Å². The zero-order chi connectivity index (χ0) is 17.9. The van der Waals surface area contributed by atoms with Gasteiger partial charge in [-0.15, -0.1) is 0 Å². The number of ether oxygens (including phenoxy) is 2. The second-order valence-electron chi connectivity index (χ2n) is 5.79. The van der Waals surface area contributed by atoms with Crippen molar-refractivity contribution in [2.24, 2.45) is 0 Å². The Morgan fingerprint density at radius 2 is 1.42 bits per heavy atom. The van der Waals surface area contributed by atoms with Crippen molar-refractivity contribution in [2.45, 2.75) is 53.4 Å². The Bertz CT molecular complexity index is 563. The molecule has 4 nitrogen and oxygen atoms in total. The first-order chi connectivity index (χ1) is 11.5. The van der Waals surface area contributed by atoms with Gasteiger partial charge < -0.3 is 9.47 Å². The summed E-state index contributed by atoms with van der Waals surface area (Å²) in [5, 5.41) is 0. The van der Waals surface area contributed by atoms with E-state index in [1.165, 1.54) is 0 Å². The molecule has 1 rings (SSSR count). The lowest BCUT2D eigenvalue weighted by Crippen LogP contribution is -2.21. The van der Waals surface area contributed by atoms with Crippen molar-refractivity contribution in [3.63, 3.8) is 0 Å². The van der Waals surface area contributed by atoms with Gasteiger partial charge in [0.25, 0.3) is 0 Å². The molecule has 0 saturated carbocycles. The van der Waals surface area contributed by atoms with Crippen molar-refractivity contribution >= 4 is 17.5 Å². The molecule has 0 atom stereocenters. The first-order valence-corrected chi connectivity index (χ1v) is 8.64. The van der Waals surface area contributed by atoms with Crippen LogP contribution in [0.3, 0.4) is 0 Å². The number of carbonyl (C=O) groups excluding carboxylic acids is 2. The molecule has 0 spiro atoms. The maximum absolute atomic E-state index is 12.4. The molecular formula is C20H28O4. The zero-order valence-electron chi connectivity index (χ0n) is 15.2. The van der Waals surface area contributed by atoms with Crippen molar-refractivity contribution in [1.82, 2.24) is 0 Å². The minimum Gasteiger partial charge on any atom is -0.462 e. The van der Waals surface area contributed by atoms with E-state index in [4.69, 9.17) is 9.47 Å². The molecule has 0 heterocycles. The van der Waals surface area contributed by atoms with E-state index in [2.05, 4.69) is 0 Å². The lowest BCUT2D eigenvalue weighted by Gasteiger charge is -2.13. The highest BCUT2D eigenvalue weighted by molar-refractivity contribution is 6.19. The monoisotopic (exact) mass is 332 g/mol. The second kappa shape index (κ2) is 10.6. The van der Waals surface area contributed by atoms with Crippen LogP contribution in [-0.2, 0) is 19.1 Å². The van der Waals surface area contributed by atoms with Gasteiger partial charge in [0.05, 0.1) is 13.2 Å². The third kappa shape index (κ3) is 5.84. The lowest BCUT2D eigenvalue weighted by molar-refractivity contribution is -0.147. The topological polar surface area (TPSA) is 52.6 Å². The fraction of sp³-hybridized carbons (Fsp3) is 0.500. The Kier molecular flexibility index (Phi) is 8.84. The summed E-state index contributed by atoms with van der Waals surface area (Å²) >= 11 is 0. The fourth-order valence-electron chi connectivity index (χ4n) is 2.28. The van der Waals surface area contributed by atoms with Gasteiger partial charge in [0.1, 0.15) is 5.57 Å². The molecule has 0 saturated heterocycles. The summed E-state index contributed by atoms with van der Waals surface area (Å²) in [5.41, 5.74) is 2.44. The van der Waals surface area contributed by atoms with Crippen LogP contribution in [-0.4, -0.2) is 25.2 Å². The standard InChI is InChI=1S/C20H28O4/c1-5-7-13-23-19(21)18(20(22)24-14-8-6-2)16(4)17-12-10-9-11-15(17)3/h9-12H,5-8,13-14H2,1-4H3. The molecule has 1 aromatic rings. The van der Waals surface area contributed by atoms with Gasteiger partial charge in [0, 0.05) is 0 Å². The van der Waals surface area contributed by atoms with Crippen LogP contribution in [0.15, 0.2) is 29.8 Å². The fourth-order valence-corrected chi connectivity index (χ4v) is 2.28. The Balaban J connectivity index is 3.11. The number of benzene rings is 1. The molecule has 0 aromatic heterocycles. The van der Waals surface area contributed by atoms with Gasteiger partial charge in [-0.25, -0.2) is 9.59 Å². The number of esters is 2. The molecule has 24 heavy (non-hydrogen) atoms. The van der Waals surface area contributed by atoms with Crippen molar-refractivity contribution in [3.8, 4) is 0 Å². The molecular weight excluding hydrogens is 304 g/mol. The minimum absolute atomic E-state index is 0.00324. The molecule has 0 aliphatic heterocycles. The number of rotatable bonds is 9. The molecule has 132 valence electrons. The van der Waals surface area contributed by atoms with E-state index in [-0.39, 0.29) is 5.57 Å². The molecule has 0 N–H and O–H groups in total. The van der Waals surface area contributed by atoms with E-state index in [1.807, 2.05) is 45.0 Å². The number of carbonyl (C=O) groups is 2. The molecule has 0 aliphatic rings. The highest BCUT2D eigenvalue weighted by Gasteiger charge is 2.25. The Morgan fingerprint density at radius 3 is 1.88 bits per heavy atom. The molecule has 0 aliphatic carbocycles. The summed E-state index contributed by atoms with van der Waals surface area (Å²) in [6.45, 7) is 8.36. The van der Waals surface area contributed by atoms with Gasteiger partial charge in [0.2, 0.25) is 0 Å².